The third-order valence-electron chi connectivity index (χ3n) is 2.78. The Hall–Kier alpha value is -1.76. The van der Waals surface area contributed by atoms with E-state index in [1.807, 2.05) is 19.9 Å². The first-order valence-corrected chi connectivity index (χ1v) is 5.94. The largest absolute Gasteiger partial charge is 0.344 e. The van der Waals surface area contributed by atoms with Gasteiger partial charge in [0.05, 0.1) is 0 Å². The van der Waals surface area contributed by atoms with Crippen molar-refractivity contribution in [2.75, 3.05) is 0 Å². The van der Waals surface area contributed by atoms with Gasteiger partial charge in [-0.2, -0.15) is 0 Å². The van der Waals surface area contributed by atoms with Gasteiger partial charge in [0.2, 0.25) is 0 Å². The van der Waals surface area contributed by atoms with Gasteiger partial charge in [0, 0.05) is 28.9 Å². The Balaban J connectivity index is 3.87. The molecule has 0 aliphatic carbocycles. The highest BCUT2D eigenvalue weighted by atomic mass is 14.9. The molecule has 0 amide bonds. The van der Waals surface area contributed by atoms with E-state index in [9.17, 15) is 0 Å². The Morgan fingerprint density at radius 2 is 1.71 bits per heavy atom. The van der Waals surface area contributed by atoms with Crippen LogP contribution in [0.5, 0.6) is 0 Å². The maximum absolute atomic E-state index is 3.80. The van der Waals surface area contributed by atoms with Crippen molar-refractivity contribution in [3.63, 3.8) is 0 Å². The predicted molar refractivity (Wildman–Crippen MR) is 78.9 cm³/mol. The fourth-order valence-corrected chi connectivity index (χ4v) is 2.11. The molecule has 0 aliphatic rings. The topological polar surface area (TPSA) is 4.93 Å². The van der Waals surface area contributed by atoms with Gasteiger partial charge in [-0.05, 0) is 26.8 Å². The van der Waals surface area contributed by atoms with Crippen LogP contribution in [0.25, 0.3) is 24.3 Å². The van der Waals surface area contributed by atoms with Crippen molar-refractivity contribution >= 4 is 24.3 Å². The summed E-state index contributed by atoms with van der Waals surface area (Å²) in [7, 11) is 2.10. The first-order chi connectivity index (χ1) is 8.21. The standard InChI is InChI=1S/C16H21N/c1-6-10-13-14(11-7-2)16(12-8-3)17(5)15(13)9-4/h6-12H,1H2,2-5H3/b11-7-,12-8-,13-10-,15-9+. The first kappa shape index (κ1) is 13.3. The van der Waals surface area contributed by atoms with E-state index in [1.54, 1.807) is 0 Å². The second kappa shape index (κ2) is 6.09. The molecule has 90 valence electrons. The molecule has 0 saturated carbocycles. The zero-order valence-electron chi connectivity index (χ0n) is 11.2. The van der Waals surface area contributed by atoms with Gasteiger partial charge in [0.25, 0.3) is 0 Å². The van der Waals surface area contributed by atoms with Crippen molar-refractivity contribution in [3.05, 3.63) is 46.6 Å². The zero-order valence-corrected chi connectivity index (χ0v) is 11.2. The number of aromatic nitrogens is 1. The number of hydrogen-bond acceptors (Lipinski definition) is 0. The average molecular weight is 227 g/mol. The van der Waals surface area contributed by atoms with Crippen LogP contribution in [0.1, 0.15) is 32.0 Å². The normalized spacial score (nSPS) is 14.4. The third-order valence-corrected chi connectivity index (χ3v) is 2.78. The molecule has 0 N–H and O–H groups in total. The summed E-state index contributed by atoms with van der Waals surface area (Å²) in [5, 5.41) is 2.46. The lowest BCUT2D eigenvalue weighted by atomic mass is 10.1. The molecular formula is C16H21N. The summed E-state index contributed by atoms with van der Waals surface area (Å²) < 4.78 is 2.21. The average Bonchev–Trinajstić information content (AvgIpc) is 2.55. The van der Waals surface area contributed by atoms with Crippen LogP contribution in [-0.4, -0.2) is 4.57 Å². The van der Waals surface area contributed by atoms with Gasteiger partial charge in [-0.1, -0.05) is 43.0 Å². The van der Waals surface area contributed by atoms with Gasteiger partial charge in [0.15, 0.2) is 0 Å². The quantitative estimate of drug-likeness (QED) is 0.748. The van der Waals surface area contributed by atoms with Gasteiger partial charge in [-0.25, -0.2) is 0 Å². The van der Waals surface area contributed by atoms with Crippen LogP contribution in [0.15, 0.2) is 24.8 Å². The Kier molecular flexibility index (Phi) is 4.77. The molecule has 0 fully saturated rings. The van der Waals surface area contributed by atoms with E-state index in [-0.39, 0.29) is 0 Å². The fourth-order valence-electron chi connectivity index (χ4n) is 2.11. The van der Waals surface area contributed by atoms with E-state index in [4.69, 9.17) is 0 Å². The van der Waals surface area contributed by atoms with Gasteiger partial charge in [0.1, 0.15) is 0 Å². The lowest BCUT2D eigenvalue weighted by Crippen LogP contribution is -2.28. The zero-order chi connectivity index (χ0) is 12.8. The second-order valence-electron chi connectivity index (χ2n) is 3.85. The SMILES string of the molecule is C=C/C=c1/c(/C=C\C)c(/C=C\C)n(C)/c1=C/C. The minimum absolute atomic E-state index is 1.23. The summed E-state index contributed by atoms with van der Waals surface area (Å²) >= 11 is 0. The highest BCUT2D eigenvalue weighted by Gasteiger charge is 2.06. The molecule has 0 spiro atoms. The van der Waals surface area contributed by atoms with Gasteiger partial charge in [-0.3, -0.25) is 0 Å². The highest BCUT2D eigenvalue weighted by Crippen LogP contribution is 2.07. The number of rotatable bonds is 3. The van der Waals surface area contributed by atoms with E-state index in [0.717, 1.165) is 0 Å². The van der Waals surface area contributed by atoms with Crippen LogP contribution in [0, 0.1) is 0 Å². The maximum atomic E-state index is 3.80. The Morgan fingerprint density at radius 1 is 1.06 bits per heavy atom. The monoisotopic (exact) mass is 227 g/mol. The first-order valence-electron chi connectivity index (χ1n) is 5.94. The van der Waals surface area contributed by atoms with Crippen molar-refractivity contribution < 1.29 is 0 Å². The summed E-state index contributed by atoms with van der Waals surface area (Å²) in [5.74, 6) is 0. The van der Waals surface area contributed by atoms with Crippen LogP contribution in [-0.2, 0) is 7.05 Å². The molecule has 0 aliphatic heterocycles. The molecule has 0 saturated heterocycles. The van der Waals surface area contributed by atoms with Crippen molar-refractivity contribution in [3.8, 4) is 0 Å². The smallest absolute Gasteiger partial charge is 0.0485 e. The Morgan fingerprint density at radius 3 is 2.18 bits per heavy atom. The van der Waals surface area contributed by atoms with Crippen LogP contribution < -0.4 is 10.6 Å². The van der Waals surface area contributed by atoms with E-state index >= 15 is 0 Å². The minimum atomic E-state index is 1.23. The summed E-state index contributed by atoms with van der Waals surface area (Å²) in [6, 6.07) is 0. The maximum Gasteiger partial charge on any atom is 0.0485 e. The molecule has 0 unspecified atom stereocenters. The fraction of sp³-hybridized carbons (Fsp3) is 0.250. The molecule has 0 bridgehead atoms. The van der Waals surface area contributed by atoms with Crippen molar-refractivity contribution in [1.29, 1.82) is 0 Å². The number of allylic oxidation sites excluding steroid dienone is 3. The van der Waals surface area contributed by atoms with Gasteiger partial charge in [-0.15, -0.1) is 0 Å². The Bertz CT molecular complexity index is 566. The molecule has 0 atom stereocenters. The third kappa shape index (κ3) is 2.50. The van der Waals surface area contributed by atoms with E-state index < -0.39 is 0 Å². The van der Waals surface area contributed by atoms with Crippen molar-refractivity contribution in [2.24, 2.45) is 7.05 Å². The van der Waals surface area contributed by atoms with Crippen molar-refractivity contribution in [1.82, 2.24) is 4.57 Å². The molecule has 1 heteroatoms. The molecule has 1 nitrogen and oxygen atoms in total. The number of hydrogen-bond donors (Lipinski definition) is 0. The van der Waals surface area contributed by atoms with E-state index in [0.29, 0.717) is 0 Å². The van der Waals surface area contributed by atoms with Gasteiger partial charge >= 0.3 is 0 Å². The predicted octanol–water partition coefficient (Wildman–Crippen LogP) is 2.86. The molecule has 1 aromatic heterocycles. The molecule has 0 aromatic carbocycles. The van der Waals surface area contributed by atoms with Crippen molar-refractivity contribution in [2.45, 2.75) is 20.8 Å². The van der Waals surface area contributed by atoms with E-state index in [1.165, 1.54) is 21.8 Å². The summed E-state index contributed by atoms with van der Waals surface area (Å²) in [6.45, 7) is 9.94. The van der Waals surface area contributed by atoms with Crippen LogP contribution in [0.4, 0.5) is 0 Å². The minimum Gasteiger partial charge on any atom is -0.344 e. The molecular weight excluding hydrogens is 206 g/mol. The summed E-state index contributed by atoms with van der Waals surface area (Å²) in [5.41, 5.74) is 2.48. The van der Waals surface area contributed by atoms with Crippen LogP contribution in [0.2, 0.25) is 0 Å². The van der Waals surface area contributed by atoms with E-state index in [2.05, 4.69) is 61.6 Å². The summed E-state index contributed by atoms with van der Waals surface area (Å²) in [6.07, 6.45) is 14.5. The summed E-state index contributed by atoms with van der Waals surface area (Å²) in [4.78, 5) is 0. The highest BCUT2D eigenvalue weighted by molar-refractivity contribution is 5.66. The van der Waals surface area contributed by atoms with Gasteiger partial charge < -0.3 is 4.57 Å². The van der Waals surface area contributed by atoms with Crippen LogP contribution in [0.3, 0.4) is 0 Å². The molecule has 1 rings (SSSR count). The lowest BCUT2D eigenvalue weighted by Gasteiger charge is -1.98. The number of nitrogens with zero attached hydrogens (tertiary/aromatic N) is 1. The lowest BCUT2D eigenvalue weighted by molar-refractivity contribution is 0.875. The van der Waals surface area contributed by atoms with Crippen LogP contribution >= 0.6 is 0 Å². The molecule has 0 radical (unpaired) electrons. The Labute approximate surface area is 104 Å². The molecule has 1 aromatic rings. The molecule has 1 heterocycles. The molecule has 17 heavy (non-hydrogen) atoms. The second-order valence-corrected chi connectivity index (χ2v) is 3.85.